The van der Waals surface area contributed by atoms with Gasteiger partial charge < -0.3 is 10.6 Å². The van der Waals surface area contributed by atoms with Crippen LogP contribution in [0.3, 0.4) is 0 Å². The van der Waals surface area contributed by atoms with Crippen LogP contribution in [0.4, 0.5) is 0 Å². The minimum absolute atomic E-state index is 0. The molecule has 0 bridgehead atoms. The van der Waals surface area contributed by atoms with Crippen molar-refractivity contribution in [2.24, 2.45) is 5.73 Å². The van der Waals surface area contributed by atoms with Crippen LogP contribution in [0.2, 0.25) is 5.02 Å². The Bertz CT molecular complexity index is 682. The molecule has 6 nitrogen and oxygen atoms in total. The van der Waals surface area contributed by atoms with E-state index in [0.29, 0.717) is 18.1 Å². The zero-order valence-corrected chi connectivity index (χ0v) is 14.8. The van der Waals surface area contributed by atoms with Gasteiger partial charge in [0.15, 0.2) is 0 Å². The van der Waals surface area contributed by atoms with E-state index in [9.17, 15) is 13.2 Å². The molecule has 0 radical (unpaired) electrons. The number of carbonyl (C=O) groups excluding carboxylic acids is 1. The summed E-state index contributed by atoms with van der Waals surface area (Å²) in [6.07, 6.45) is 1.43. The lowest BCUT2D eigenvalue weighted by atomic mass is 10.2. The van der Waals surface area contributed by atoms with Crippen LogP contribution in [0.1, 0.15) is 12.8 Å². The number of nitrogens with two attached hydrogens (primary N) is 1. The van der Waals surface area contributed by atoms with Gasteiger partial charge in [0.1, 0.15) is 0 Å². The molecule has 0 unspecified atom stereocenters. The summed E-state index contributed by atoms with van der Waals surface area (Å²) < 4.78 is 26.5. The highest BCUT2D eigenvalue weighted by Crippen LogP contribution is 2.34. The third-order valence-corrected chi connectivity index (χ3v) is 6.36. The number of hydrogen-bond donors (Lipinski definition) is 1. The Hall–Kier alpha value is -0.860. The lowest BCUT2D eigenvalue weighted by Gasteiger charge is -2.35. The van der Waals surface area contributed by atoms with Gasteiger partial charge in [-0.15, -0.1) is 12.4 Å². The second-order valence-electron chi connectivity index (χ2n) is 5.81. The van der Waals surface area contributed by atoms with E-state index in [1.807, 2.05) is 0 Å². The fourth-order valence-corrected chi connectivity index (χ4v) is 4.10. The number of benzene rings is 1. The number of halogens is 2. The molecule has 1 amide bonds. The molecule has 1 heterocycles. The van der Waals surface area contributed by atoms with Crippen molar-refractivity contribution < 1.29 is 13.2 Å². The standard InChI is InChI=1S/C14H18ClN3O3S.ClH/c15-11-1-3-12(4-2-11)22(20,21)18-9-7-17(8-10-18)13(19)14(16)5-6-14;/h1-4H,5-10,16H2;1H. The van der Waals surface area contributed by atoms with Crippen LogP contribution >= 0.6 is 24.0 Å². The molecule has 2 N–H and O–H groups in total. The molecule has 1 aromatic rings. The number of nitrogens with zero attached hydrogens (tertiary/aromatic N) is 2. The molecule has 128 valence electrons. The first-order valence-electron chi connectivity index (χ1n) is 7.17. The van der Waals surface area contributed by atoms with E-state index in [1.165, 1.54) is 16.4 Å². The molecule has 3 rings (SSSR count). The van der Waals surface area contributed by atoms with Gasteiger partial charge in [-0.05, 0) is 37.1 Å². The van der Waals surface area contributed by atoms with Gasteiger partial charge in [-0.2, -0.15) is 4.31 Å². The van der Waals surface area contributed by atoms with Gasteiger partial charge in [-0.1, -0.05) is 11.6 Å². The predicted molar refractivity (Wildman–Crippen MR) is 90.2 cm³/mol. The topological polar surface area (TPSA) is 83.7 Å². The number of carbonyl (C=O) groups is 1. The van der Waals surface area contributed by atoms with Crippen molar-refractivity contribution in [2.75, 3.05) is 26.2 Å². The molecular weight excluding hydrogens is 361 g/mol. The zero-order valence-electron chi connectivity index (χ0n) is 12.4. The van der Waals surface area contributed by atoms with E-state index < -0.39 is 15.6 Å². The van der Waals surface area contributed by atoms with E-state index >= 15 is 0 Å². The zero-order chi connectivity index (χ0) is 16.0. The van der Waals surface area contributed by atoms with Crippen molar-refractivity contribution in [1.29, 1.82) is 0 Å². The highest BCUT2D eigenvalue weighted by molar-refractivity contribution is 7.89. The van der Waals surface area contributed by atoms with E-state index in [0.717, 1.165) is 12.8 Å². The first kappa shape index (κ1) is 18.5. The highest BCUT2D eigenvalue weighted by Gasteiger charge is 2.48. The fourth-order valence-electron chi connectivity index (χ4n) is 2.55. The van der Waals surface area contributed by atoms with Gasteiger partial charge in [0.2, 0.25) is 15.9 Å². The molecule has 2 fully saturated rings. The van der Waals surface area contributed by atoms with Gasteiger partial charge in [0, 0.05) is 31.2 Å². The second-order valence-corrected chi connectivity index (χ2v) is 8.18. The van der Waals surface area contributed by atoms with E-state index in [-0.39, 0.29) is 36.3 Å². The van der Waals surface area contributed by atoms with Crippen LogP contribution in [0, 0.1) is 0 Å². The van der Waals surface area contributed by atoms with Crippen molar-refractivity contribution >= 4 is 39.9 Å². The monoisotopic (exact) mass is 379 g/mol. The molecule has 1 aliphatic heterocycles. The Morgan fingerprint density at radius 3 is 2.09 bits per heavy atom. The first-order chi connectivity index (χ1) is 10.3. The van der Waals surface area contributed by atoms with Gasteiger partial charge in [-0.25, -0.2) is 8.42 Å². The first-order valence-corrected chi connectivity index (χ1v) is 8.99. The summed E-state index contributed by atoms with van der Waals surface area (Å²) >= 11 is 5.79. The molecule has 0 atom stereocenters. The minimum atomic E-state index is -3.54. The van der Waals surface area contributed by atoms with Crippen molar-refractivity contribution in [3.05, 3.63) is 29.3 Å². The molecule has 1 aliphatic carbocycles. The number of hydrogen-bond acceptors (Lipinski definition) is 4. The van der Waals surface area contributed by atoms with Crippen LogP contribution in [-0.4, -0.2) is 55.2 Å². The summed E-state index contributed by atoms with van der Waals surface area (Å²) in [5.41, 5.74) is 5.21. The van der Waals surface area contributed by atoms with Crippen LogP contribution in [0.15, 0.2) is 29.2 Å². The molecule has 23 heavy (non-hydrogen) atoms. The lowest BCUT2D eigenvalue weighted by molar-refractivity contribution is -0.134. The van der Waals surface area contributed by atoms with Crippen LogP contribution in [-0.2, 0) is 14.8 Å². The normalized spacial score (nSPS) is 20.7. The van der Waals surface area contributed by atoms with Gasteiger partial charge >= 0.3 is 0 Å². The quantitative estimate of drug-likeness (QED) is 0.851. The molecule has 1 aromatic carbocycles. The fraction of sp³-hybridized carbons (Fsp3) is 0.500. The summed E-state index contributed by atoms with van der Waals surface area (Å²) in [7, 11) is -3.54. The maximum absolute atomic E-state index is 12.5. The third-order valence-electron chi connectivity index (χ3n) is 4.19. The van der Waals surface area contributed by atoms with Gasteiger partial charge in [0.25, 0.3) is 0 Å². The summed E-state index contributed by atoms with van der Waals surface area (Å²) in [6.45, 7) is 1.33. The summed E-state index contributed by atoms with van der Waals surface area (Å²) in [4.78, 5) is 14.0. The average Bonchev–Trinajstić information content (AvgIpc) is 3.26. The molecule has 1 saturated heterocycles. The lowest BCUT2D eigenvalue weighted by Crippen LogP contribution is -2.55. The maximum atomic E-state index is 12.5. The summed E-state index contributed by atoms with van der Waals surface area (Å²) in [5.74, 6) is -0.0592. The number of sulfonamides is 1. The van der Waals surface area contributed by atoms with Gasteiger partial charge in [0.05, 0.1) is 10.4 Å². The summed E-state index contributed by atoms with van der Waals surface area (Å²) in [6, 6.07) is 6.10. The van der Waals surface area contributed by atoms with Crippen molar-refractivity contribution in [3.63, 3.8) is 0 Å². The SMILES string of the molecule is Cl.NC1(C(=O)N2CCN(S(=O)(=O)c3ccc(Cl)cc3)CC2)CC1. The third kappa shape index (κ3) is 3.64. The summed E-state index contributed by atoms with van der Waals surface area (Å²) in [5, 5.41) is 0.493. The molecule has 9 heteroatoms. The Morgan fingerprint density at radius 2 is 1.61 bits per heavy atom. The molecule has 1 saturated carbocycles. The second kappa shape index (κ2) is 6.57. The molecule has 0 spiro atoms. The number of amides is 1. The molecular formula is C14H19Cl2N3O3S. The number of piperazine rings is 1. The number of rotatable bonds is 3. The van der Waals surface area contributed by atoms with Gasteiger partial charge in [-0.3, -0.25) is 4.79 Å². The van der Waals surface area contributed by atoms with Crippen LogP contribution < -0.4 is 5.73 Å². The Balaban J connectivity index is 0.00000192. The Labute approximate surface area is 147 Å². The van der Waals surface area contributed by atoms with E-state index in [4.69, 9.17) is 17.3 Å². The molecule has 0 aromatic heterocycles. The molecule has 2 aliphatic rings. The van der Waals surface area contributed by atoms with Crippen LogP contribution in [0.5, 0.6) is 0 Å². The van der Waals surface area contributed by atoms with E-state index in [1.54, 1.807) is 17.0 Å². The van der Waals surface area contributed by atoms with Crippen molar-refractivity contribution in [1.82, 2.24) is 9.21 Å². The maximum Gasteiger partial charge on any atom is 0.243 e. The minimum Gasteiger partial charge on any atom is -0.338 e. The Kier molecular flexibility index (Phi) is 5.27. The average molecular weight is 380 g/mol. The Morgan fingerprint density at radius 1 is 1.09 bits per heavy atom. The van der Waals surface area contributed by atoms with Crippen LogP contribution in [0.25, 0.3) is 0 Å². The van der Waals surface area contributed by atoms with Crippen molar-refractivity contribution in [2.45, 2.75) is 23.3 Å². The predicted octanol–water partition coefficient (Wildman–Crippen LogP) is 1.09. The highest BCUT2D eigenvalue weighted by atomic mass is 35.5. The largest absolute Gasteiger partial charge is 0.338 e. The van der Waals surface area contributed by atoms with E-state index in [2.05, 4.69) is 0 Å². The van der Waals surface area contributed by atoms with Crippen molar-refractivity contribution in [3.8, 4) is 0 Å². The smallest absolute Gasteiger partial charge is 0.243 e.